The van der Waals surface area contributed by atoms with E-state index in [1.165, 1.54) is 17.0 Å². The molecular weight excluding hydrogens is 407 g/mol. The summed E-state index contributed by atoms with van der Waals surface area (Å²) >= 11 is 18.0. The highest BCUT2D eigenvalue weighted by Gasteiger charge is 2.26. The summed E-state index contributed by atoms with van der Waals surface area (Å²) in [6.45, 7) is -0.429. The first-order chi connectivity index (χ1) is 11.6. The summed E-state index contributed by atoms with van der Waals surface area (Å²) in [4.78, 5) is 13.9. The van der Waals surface area contributed by atoms with E-state index in [9.17, 15) is 13.2 Å². The zero-order valence-electron chi connectivity index (χ0n) is 13.4. The van der Waals surface area contributed by atoms with Crippen molar-refractivity contribution in [2.45, 2.75) is 0 Å². The Balaban J connectivity index is 2.37. The van der Waals surface area contributed by atoms with E-state index >= 15 is 0 Å². The fourth-order valence-corrected chi connectivity index (χ4v) is 3.66. The molecule has 0 radical (unpaired) electrons. The van der Waals surface area contributed by atoms with Gasteiger partial charge in [-0.2, -0.15) is 0 Å². The Bertz CT molecular complexity index is 889. The summed E-state index contributed by atoms with van der Waals surface area (Å²) in [5.41, 5.74) is 0.731. The Labute approximate surface area is 161 Å². The van der Waals surface area contributed by atoms with Crippen molar-refractivity contribution in [3.63, 3.8) is 0 Å². The number of benzene rings is 2. The van der Waals surface area contributed by atoms with Crippen molar-refractivity contribution in [2.75, 3.05) is 29.1 Å². The molecule has 0 spiro atoms. The molecule has 0 fully saturated rings. The lowest BCUT2D eigenvalue weighted by molar-refractivity contribution is -0.116. The number of carbonyl (C=O) groups excluding carboxylic acids is 1. The highest BCUT2D eigenvalue weighted by molar-refractivity contribution is 7.92. The average molecular weight is 422 g/mol. The molecule has 9 heteroatoms. The number of para-hydroxylation sites is 1. The number of carbonyl (C=O) groups is 1. The first kappa shape index (κ1) is 19.8. The molecule has 0 aliphatic carbocycles. The summed E-state index contributed by atoms with van der Waals surface area (Å²) in [7, 11) is -2.22. The molecular formula is C16H15Cl3N2O3S. The Morgan fingerprint density at radius 1 is 1.00 bits per heavy atom. The van der Waals surface area contributed by atoms with Crippen LogP contribution in [0, 0.1) is 0 Å². The van der Waals surface area contributed by atoms with E-state index < -0.39 is 22.5 Å². The van der Waals surface area contributed by atoms with Crippen LogP contribution in [0.1, 0.15) is 0 Å². The van der Waals surface area contributed by atoms with Crippen molar-refractivity contribution in [2.24, 2.45) is 0 Å². The monoisotopic (exact) mass is 420 g/mol. The second kappa shape index (κ2) is 7.83. The Hall–Kier alpha value is -1.47. The molecule has 0 aliphatic heterocycles. The molecule has 0 aromatic heterocycles. The SMILES string of the molecule is CN(C(=O)CN(c1cc(Cl)c(Cl)cc1Cl)S(C)(=O)=O)c1ccccc1. The van der Waals surface area contributed by atoms with Crippen LogP contribution in [0.25, 0.3) is 0 Å². The average Bonchev–Trinajstić information content (AvgIpc) is 2.55. The summed E-state index contributed by atoms with van der Waals surface area (Å²) < 4.78 is 25.3. The molecule has 0 bridgehead atoms. The highest BCUT2D eigenvalue weighted by atomic mass is 35.5. The topological polar surface area (TPSA) is 57.7 Å². The lowest BCUT2D eigenvalue weighted by atomic mass is 10.3. The zero-order chi connectivity index (χ0) is 18.8. The van der Waals surface area contributed by atoms with Crippen LogP contribution in [-0.4, -0.2) is 34.2 Å². The third-order valence-electron chi connectivity index (χ3n) is 3.46. The van der Waals surface area contributed by atoms with Crippen LogP contribution in [0.15, 0.2) is 42.5 Å². The number of likely N-dealkylation sites (N-methyl/N-ethyl adjacent to an activating group) is 1. The van der Waals surface area contributed by atoms with Crippen LogP contribution in [0.4, 0.5) is 11.4 Å². The fraction of sp³-hybridized carbons (Fsp3) is 0.188. The van der Waals surface area contributed by atoms with Crippen molar-refractivity contribution >= 4 is 62.1 Å². The molecule has 0 aliphatic rings. The maximum Gasteiger partial charge on any atom is 0.247 e. The lowest BCUT2D eigenvalue weighted by Gasteiger charge is -2.26. The Kier molecular flexibility index (Phi) is 6.21. The smallest absolute Gasteiger partial charge is 0.247 e. The van der Waals surface area contributed by atoms with Crippen molar-refractivity contribution in [3.05, 3.63) is 57.5 Å². The van der Waals surface area contributed by atoms with Gasteiger partial charge in [-0.05, 0) is 24.3 Å². The second-order valence-corrected chi connectivity index (χ2v) is 8.40. The van der Waals surface area contributed by atoms with Gasteiger partial charge < -0.3 is 4.90 Å². The second-order valence-electron chi connectivity index (χ2n) is 5.28. The number of anilines is 2. The molecule has 0 unspecified atom stereocenters. The van der Waals surface area contributed by atoms with Gasteiger partial charge >= 0.3 is 0 Å². The van der Waals surface area contributed by atoms with Crippen LogP contribution in [0.2, 0.25) is 15.1 Å². The van der Waals surface area contributed by atoms with Crippen LogP contribution >= 0.6 is 34.8 Å². The number of halogens is 3. The molecule has 0 N–H and O–H groups in total. The van der Waals surface area contributed by atoms with Gasteiger partial charge in [0.2, 0.25) is 15.9 Å². The van der Waals surface area contributed by atoms with E-state index in [0.29, 0.717) is 5.69 Å². The van der Waals surface area contributed by atoms with Gasteiger partial charge in [0, 0.05) is 12.7 Å². The molecule has 0 atom stereocenters. The number of nitrogens with zero attached hydrogens (tertiary/aromatic N) is 2. The van der Waals surface area contributed by atoms with Gasteiger partial charge in [0.15, 0.2) is 0 Å². The maximum absolute atomic E-state index is 12.6. The molecule has 5 nitrogen and oxygen atoms in total. The molecule has 2 aromatic carbocycles. The molecule has 2 rings (SSSR count). The van der Waals surface area contributed by atoms with E-state index in [2.05, 4.69) is 0 Å². The van der Waals surface area contributed by atoms with Crippen LogP contribution < -0.4 is 9.21 Å². The van der Waals surface area contributed by atoms with Gasteiger partial charge in [-0.25, -0.2) is 8.42 Å². The summed E-state index contributed by atoms with van der Waals surface area (Å²) in [5.74, 6) is -0.432. The molecule has 134 valence electrons. The van der Waals surface area contributed by atoms with Crippen LogP contribution in [-0.2, 0) is 14.8 Å². The summed E-state index contributed by atoms with van der Waals surface area (Å²) in [5, 5.41) is 0.408. The van der Waals surface area contributed by atoms with Gasteiger partial charge in [-0.1, -0.05) is 53.0 Å². The zero-order valence-corrected chi connectivity index (χ0v) is 16.5. The molecule has 1 amide bonds. The van der Waals surface area contributed by atoms with Crippen LogP contribution in [0.3, 0.4) is 0 Å². The highest BCUT2D eigenvalue weighted by Crippen LogP contribution is 2.35. The maximum atomic E-state index is 12.6. The standard InChI is InChI=1S/C16H15Cl3N2O3S/c1-20(11-6-4-3-5-7-11)16(22)10-21(25(2,23)24)15-9-13(18)12(17)8-14(15)19/h3-9H,10H2,1-2H3. The third kappa shape index (κ3) is 4.79. The Morgan fingerprint density at radius 3 is 2.12 bits per heavy atom. The number of hydrogen-bond donors (Lipinski definition) is 0. The van der Waals surface area contributed by atoms with Gasteiger partial charge in [0.1, 0.15) is 6.54 Å². The van der Waals surface area contributed by atoms with E-state index in [0.717, 1.165) is 10.6 Å². The van der Waals surface area contributed by atoms with Gasteiger partial charge in [-0.15, -0.1) is 0 Å². The largest absolute Gasteiger partial charge is 0.314 e. The minimum atomic E-state index is -3.78. The lowest BCUT2D eigenvalue weighted by Crippen LogP contribution is -2.41. The van der Waals surface area contributed by atoms with Crippen molar-refractivity contribution in [1.82, 2.24) is 0 Å². The first-order valence-electron chi connectivity index (χ1n) is 7.05. The number of amides is 1. The van der Waals surface area contributed by atoms with Crippen LogP contribution in [0.5, 0.6) is 0 Å². The van der Waals surface area contributed by atoms with Crippen molar-refractivity contribution < 1.29 is 13.2 Å². The summed E-state index contributed by atoms with van der Waals surface area (Å²) in [6, 6.07) is 11.5. The van der Waals surface area contributed by atoms with Gasteiger partial charge in [0.05, 0.1) is 27.0 Å². The van der Waals surface area contributed by atoms with E-state index in [-0.39, 0.29) is 20.8 Å². The third-order valence-corrected chi connectivity index (χ3v) is 5.61. The van der Waals surface area contributed by atoms with Crippen molar-refractivity contribution in [1.29, 1.82) is 0 Å². The number of sulfonamides is 1. The first-order valence-corrected chi connectivity index (χ1v) is 10.0. The molecule has 0 saturated heterocycles. The fourth-order valence-electron chi connectivity index (χ4n) is 2.11. The van der Waals surface area contributed by atoms with E-state index in [1.54, 1.807) is 31.3 Å². The molecule has 0 heterocycles. The Morgan fingerprint density at radius 2 is 1.56 bits per heavy atom. The molecule has 0 saturated carbocycles. The van der Waals surface area contributed by atoms with Gasteiger partial charge in [-0.3, -0.25) is 9.10 Å². The predicted molar refractivity (Wildman–Crippen MR) is 104 cm³/mol. The predicted octanol–water partition coefficient (Wildman–Crippen LogP) is 4.08. The normalized spacial score (nSPS) is 11.2. The van der Waals surface area contributed by atoms with Gasteiger partial charge in [0.25, 0.3) is 0 Å². The molecule has 25 heavy (non-hydrogen) atoms. The molecule has 2 aromatic rings. The number of hydrogen-bond acceptors (Lipinski definition) is 3. The minimum absolute atomic E-state index is 0.0787. The number of rotatable bonds is 5. The van der Waals surface area contributed by atoms with E-state index in [4.69, 9.17) is 34.8 Å². The van der Waals surface area contributed by atoms with Crippen molar-refractivity contribution in [3.8, 4) is 0 Å². The summed E-state index contributed by atoms with van der Waals surface area (Å²) in [6.07, 6.45) is 0.988. The minimum Gasteiger partial charge on any atom is -0.314 e. The van der Waals surface area contributed by atoms with E-state index in [1.807, 2.05) is 6.07 Å². The quantitative estimate of drug-likeness (QED) is 0.684.